The fourth-order valence-corrected chi connectivity index (χ4v) is 6.87. The standard InChI is InChI=1S/C27H28Cl3IN2/c1-16-14-19(4)25(20(5)15-16)33-13-12-32(26(33)27(28,29)30)22-11-7-9-18(3)24(22)23-17(2)8-6-10-21(23)31/h6-11,14-15,26H,12-13H2,1-5H3. The third-order valence-corrected chi connectivity index (χ3v) is 7.90. The van der Waals surface area contributed by atoms with Crippen LogP contribution in [0.2, 0.25) is 0 Å². The van der Waals surface area contributed by atoms with E-state index in [1.165, 1.54) is 42.5 Å². The summed E-state index contributed by atoms with van der Waals surface area (Å²) in [6, 6.07) is 17.2. The molecule has 0 aromatic heterocycles. The molecule has 1 aliphatic heterocycles. The monoisotopic (exact) mass is 612 g/mol. The van der Waals surface area contributed by atoms with Crippen molar-refractivity contribution in [2.75, 3.05) is 22.9 Å². The predicted molar refractivity (Wildman–Crippen MR) is 153 cm³/mol. The summed E-state index contributed by atoms with van der Waals surface area (Å²) in [7, 11) is 0. The van der Waals surface area contributed by atoms with E-state index in [0.29, 0.717) is 0 Å². The number of anilines is 2. The number of alkyl halides is 3. The summed E-state index contributed by atoms with van der Waals surface area (Å²) in [6.07, 6.45) is -0.426. The zero-order valence-electron chi connectivity index (χ0n) is 19.5. The highest BCUT2D eigenvalue weighted by molar-refractivity contribution is 14.1. The normalized spacial score (nSPS) is 16.6. The molecule has 0 amide bonds. The first kappa shape index (κ1) is 25.0. The van der Waals surface area contributed by atoms with Crippen molar-refractivity contribution >= 4 is 68.8 Å². The van der Waals surface area contributed by atoms with Gasteiger partial charge in [-0.2, -0.15) is 0 Å². The number of halogens is 4. The predicted octanol–water partition coefficient (Wildman–Crippen LogP) is 8.52. The Kier molecular flexibility index (Phi) is 7.18. The molecular formula is C27H28Cl3IN2. The molecule has 2 nitrogen and oxygen atoms in total. The van der Waals surface area contributed by atoms with Crippen LogP contribution >= 0.6 is 57.4 Å². The molecule has 0 spiro atoms. The average molecular weight is 614 g/mol. The van der Waals surface area contributed by atoms with Crippen LogP contribution in [0.5, 0.6) is 0 Å². The first-order valence-corrected chi connectivity index (χ1v) is 13.2. The second kappa shape index (κ2) is 9.49. The molecule has 174 valence electrons. The average Bonchev–Trinajstić information content (AvgIpc) is 3.13. The van der Waals surface area contributed by atoms with E-state index in [0.717, 1.165) is 24.5 Å². The van der Waals surface area contributed by atoms with Gasteiger partial charge in [0.15, 0.2) is 6.17 Å². The van der Waals surface area contributed by atoms with Gasteiger partial charge in [0.1, 0.15) is 0 Å². The molecule has 1 unspecified atom stereocenters. The molecule has 1 atom stereocenters. The largest absolute Gasteiger partial charge is 0.345 e. The Morgan fingerprint density at radius 3 is 1.88 bits per heavy atom. The number of hydrogen-bond acceptors (Lipinski definition) is 2. The van der Waals surface area contributed by atoms with Crippen LogP contribution in [-0.2, 0) is 0 Å². The molecule has 1 saturated heterocycles. The van der Waals surface area contributed by atoms with Crippen molar-refractivity contribution in [1.82, 2.24) is 0 Å². The lowest BCUT2D eigenvalue weighted by molar-refractivity contribution is 0.679. The summed E-state index contributed by atoms with van der Waals surface area (Å²) in [5.41, 5.74) is 10.8. The molecule has 0 bridgehead atoms. The summed E-state index contributed by atoms with van der Waals surface area (Å²) in [5, 5.41) is 0. The van der Waals surface area contributed by atoms with Gasteiger partial charge in [0.25, 0.3) is 0 Å². The molecule has 1 heterocycles. The van der Waals surface area contributed by atoms with Crippen molar-refractivity contribution in [3.05, 3.63) is 79.9 Å². The molecule has 0 N–H and O–H groups in total. The van der Waals surface area contributed by atoms with Gasteiger partial charge >= 0.3 is 0 Å². The first-order chi connectivity index (χ1) is 15.5. The highest BCUT2D eigenvalue weighted by Gasteiger charge is 2.47. The zero-order chi connectivity index (χ0) is 24.1. The van der Waals surface area contributed by atoms with Crippen LogP contribution in [0.4, 0.5) is 11.4 Å². The Morgan fingerprint density at radius 2 is 1.30 bits per heavy atom. The molecule has 3 aromatic carbocycles. The summed E-state index contributed by atoms with van der Waals surface area (Å²) in [6.45, 7) is 12.3. The Labute approximate surface area is 226 Å². The first-order valence-electron chi connectivity index (χ1n) is 11.0. The molecule has 0 saturated carbocycles. The second-order valence-electron chi connectivity index (χ2n) is 8.95. The quantitative estimate of drug-likeness (QED) is 0.216. The Morgan fingerprint density at radius 1 is 0.758 bits per heavy atom. The number of hydrogen-bond donors (Lipinski definition) is 0. The molecule has 1 fully saturated rings. The van der Waals surface area contributed by atoms with E-state index >= 15 is 0 Å². The smallest absolute Gasteiger partial charge is 0.228 e. The highest BCUT2D eigenvalue weighted by atomic mass is 127. The Hall–Kier alpha value is -1.14. The van der Waals surface area contributed by atoms with E-state index in [1.807, 2.05) is 0 Å². The minimum Gasteiger partial charge on any atom is -0.345 e. The van der Waals surface area contributed by atoms with Gasteiger partial charge in [-0.05, 0) is 91.6 Å². The summed E-state index contributed by atoms with van der Waals surface area (Å²) in [4.78, 5) is 4.54. The van der Waals surface area contributed by atoms with E-state index in [2.05, 4.69) is 116 Å². The fourth-order valence-electron chi connectivity index (χ4n) is 5.26. The molecule has 3 aromatic rings. The molecule has 4 rings (SSSR count). The van der Waals surface area contributed by atoms with E-state index in [4.69, 9.17) is 34.8 Å². The van der Waals surface area contributed by atoms with Crippen LogP contribution in [0.1, 0.15) is 27.8 Å². The number of nitrogens with zero attached hydrogens (tertiary/aromatic N) is 2. The summed E-state index contributed by atoms with van der Waals surface area (Å²) >= 11 is 22.6. The van der Waals surface area contributed by atoms with Crippen molar-refractivity contribution < 1.29 is 0 Å². The number of aryl methyl sites for hydroxylation is 5. The third kappa shape index (κ3) is 4.71. The van der Waals surface area contributed by atoms with Gasteiger partial charge in [0, 0.05) is 39.2 Å². The van der Waals surface area contributed by atoms with E-state index in [9.17, 15) is 0 Å². The van der Waals surface area contributed by atoms with E-state index < -0.39 is 9.96 Å². The van der Waals surface area contributed by atoms with Gasteiger partial charge in [0.2, 0.25) is 3.79 Å². The summed E-state index contributed by atoms with van der Waals surface area (Å²) < 4.78 is -0.282. The maximum Gasteiger partial charge on any atom is 0.228 e. The minimum absolute atomic E-state index is 0.426. The number of rotatable bonds is 3. The molecule has 0 radical (unpaired) electrons. The van der Waals surface area contributed by atoms with Crippen LogP contribution in [0.15, 0.2) is 48.5 Å². The molecular weight excluding hydrogens is 586 g/mol. The van der Waals surface area contributed by atoms with Crippen LogP contribution < -0.4 is 9.80 Å². The lowest BCUT2D eigenvalue weighted by Gasteiger charge is -2.39. The van der Waals surface area contributed by atoms with Crippen LogP contribution in [0.25, 0.3) is 11.1 Å². The zero-order valence-corrected chi connectivity index (χ0v) is 23.9. The number of benzene rings is 3. The van der Waals surface area contributed by atoms with Crippen molar-refractivity contribution in [2.45, 2.75) is 44.6 Å². The van der Waals surface area contributed by atoms with Gasteiger partial charge in [0.05, 0.1) is 0 Å². The highest BCUT2D eigenvalue weighted by Crippen LogP contribution is 2.47. The van der Waals surface area contributed by atoms with Crippen molar-refractivity contribution in [3.8, 4) is 11.1 Å². The van der Waals surface area contributed by atoms with Gasteiger partial charge in [-0.25, -0.2) is 0 Å². The Balaban J connectivity index is 1.90. The van der Waals surface area contributed by atoms with Crippen molar-refractivity contribution in [1.29, 1.82) is 0 Å². The SMILES string of the molecule is Cc1cc(C)c(N2CCN(c3cccc(C)c3-c3c(C)cccc3I)C2C(Cl)(Cl)Cl)c(C)c1. The third-order valence-electron chi connectivity index (χ3n) is 6.42. The van der Waals surface area contributed by atoms with Crippen molar-refractivity contribution in [2.24, 2.45) is 0 Å². The topological polar surface area (TPSA) is 6.48 Å². The Bertz CT molecular complexity index is 1160. The second-order valence-corrected chi connectivity index (χ2v) is 12.5. The van der Waals surface area contributed by atoms with Gasteiger partial charge in [-0.1, -0.05) is 76.8 Å². The molecule has 6 heteroatoms. The lowest BCUT2D eigenvalue weighted by atomic mass is 9.94. The van der Waals surface area contributed by atoms with Gasteiger partial charge < -0.3 is 9.80 Å². The summed E-state index contributed by atoms with van der Waals surface area (Å²) in [5.74, 6) is 0. The molecule has 33 heavy (non-hydrogen) atoms. The fraction of sp³-hybridized carbons (Fsp3) is 0.333. The van der Waals surface area contributed by atoms with Crippen LogP contribution in [0, 0.1) is 38.2 Å². The van der Waals surface area contributed by atoms with Crippen LogP contribution in [0.3, 0.4) is 0 Å². The van der Waals surface area contributed by atoms with E-state index in [-0.39, 0.29) is 0 Å². The minimum atomic E-state index is -1.50. The maximum atomic E-state index is 6.71. The maximum absolute atomic E-state index is 6.71. The molecule has 0 aliphatic carbocycles. The van der Waals surface area contributed by atoms with Gasteiger partial charge in [-0.3, -0.25) is 0 Å². The van der Waals surface area contributed by atoms with Crippen molar-refractivity contribution in [3.63, 3.8) is 0 Å². The van der Waals surface area contributed by atoms with Crippen LogP contribution in [-0.4, -0.2) is 23.0 Å². The lowest BCUT2D eigenvalue weighted by Crippen LogP contribution is -2.49. The molecule has 1 aliphatic rings. The van der Waals surface area contributed by atoms with Gasteiger partial charge in [-0.15, -0.1) is 0 Å². The van der Waals surface area contributed by atoms with E-state index in [1.54, 1.807) is 0 Å².